The third-order valence-electron chi connectivity index (χ3n) is 5.62. The molecule has 0 amide bonds. The van der Waals surface area contributed by atoms with Gasteiger partial charge in [-0.3, -0.25) is 0 Å². The van der Waals surface area contributed by atoms with E-state index in [9.17, 15) is 0 Å². The first-order chi connectivity index (χ1) is 13.9. The van der Waals surface area contributed by atoms with Crippen LogP contribution in [-0.2, 0) is 0 Å². The van der Waals surface area contributed by atoms with Crippen LogP contribution in [-0.4, -0.2) is 4.98 Å². The van der Waals surface area contributed by atoms with Gasteiger partial charge in [-0.25, -0.2) is 4.98 Å². The number of benzene rings is 5. The molecule has 0 bridgehead atoms. The number of aromatic nitrogens is 1. The van der Waals surface area contributed by atoms with Gasteiger partial charge in [0.05, 0.1) is 11.2 Å². The molecule has 1 heteroatoms. The van der Waals surface area contributed by atoms with E-state index in [0.29, 0.717) is 0 Å². The number of nitrogens with zero attached hydrogens (tertiary/aromatic N) is 1. The Morgan fingerprint density at radius 1 is 0.429 bits per heavy atom. The highest BCUT2D eigenvalue weighted by Gasteiger charge is 2.14. The second kappa shape index (κ2) is 5.90. The maximum Gasteiger partial charge on any atom is 0.0794 e. The summed E-state index contributed by atoms with van der Waals surface area (Å²) in [6.07, 6.45) is 0. The third kappa shape index (κ3) is 2.17. The van der Waals surface area contributed by atoms with Crippen molar-refractivity contribution in [3.63, 3.8) is 0 Å². The number of pyridine rings is 1. The van der Waals surface area contributed by atoms with Crippen molar-refractivity contribution in [3.8, 4) is 11.3 Å². The molecular weight excluding hydrogens is 338 g/mol. The van der Waals surface area contributed by atoms with Crippen LogP contribution in [0.2, 0.25) is 0 Å². The highest BCUT2D eigenvalue weighted by atomic mass is 14.7. The molecule has 1 heterocycles. The molecule has 6 aromatic rings. The molecule has 0 aliphatic carbocycles. The molecule has 0 saturated heterocycles. The Morgan fingerprint density at radius 3 is 1.82 bits per heavy atom. The van der Waals surface area contributed by atoms with Crippen LogP contribution in [0.25, 0.3) is 54.5 Å². The standard InChI is InChI=1S/C27H17N/c1-2-10-20(11-3-1)26-23-16-14-18-8-4-6-12-21(18)25(23)24-17-15-19-9-5-7-13-22(19)27(24)28-26/h1-17H. The predicted molar refractivity (Wildman–Crippen MR) is 120 cm³/mol. The molecule has 6 rings (SSSR count). The van der Waals surface area contributed by atoms with Crippen LogP contribution < -0.4 is 0 Å². The monoisotopic (exact) mass is 355 g/mol. The van der Waals surface area contributed by atoms with Crippen LogP contribution in [0.4, 0.5) is 0 Å². The zero-order valence-corrected chi connectivity index (χ0v) is 15.3. The summed E-state index contributed by atoms with van der Waals surface area (Å²) in [5.74, 6) is 0. The van der Waals surface area contributed by atoms with Gasteiger partial charge in [-0.05, 0) is 16.2 Å². The van der Waals surface area contributed by atoms with Gasteiger partial charge in [0, 0.05) is 27.1 Å². The Labute approximate surface area is 162 Å². The van der Waals surface area contributed by atoms with E-state index in [1.807, 2.05) is 0 Å². The highest BCUT2D eigenvalue weighted by Crippen LogP contribution is 2.38. The summed E-state index contributed by atoms with van der Waals surface area (Å²) in [6, 6.07) is 36.5. The first kappa shape index (κ1) is 15.4. The Morgan fingerprint density at radius 2 is 1.04 bits per heavy atom. The van der Waals surface area contributed by atoms with Crippen LogP contribution in [0.3, 0.4) is 0 Å². The molecule has 130 valence electrons. The van der Waals surface area contributed by atoms with E-state index >= 15 is 0 Å². The molecule has 1 nitrogen and oxygen atoms in total. The fourth-order valence-electron chi connectivity index (χ4n) is 4.32. The molecule has 0 N–H and O–H groups in total. The van der Waals surface area contributed by atoms with E-state index in [1.54, 1.807) is 0 Å². The summed E-state index contributed by atoms with van der Waals surface area (Å²) < 4.78 is 0. The lowest BCUT2D eigenvalue weighted by Gasteiger charge is -2.14. The Bertz CT molecular complexity index is 1500. The Hall–Kier alpha value is -3.71. The van der Waals surface area contributed by atoms with Crippen LogP contribution in [0, 0.1) is 0 Å². The average Bonchev–Trinajstić information content (AvgIpc) is 2.78. The van der Waals surface area contributed by atoms with Crippen molar-refractivity contribution in [2.45, 2.75) is 0 Å². The largest absolute Gasteiger partial charge is 0.246 e. The minimum absolute atomic E-state index is 1.05. The topological polar surface area (TPSA) is 12.9 Å². The quantitative estimate of drug-likeness (QED) is 0.281. The van der Waals surface area contributed by atoms with Crippen molar-refractivity contribution in [3.05, 3.63) is 103 Å². The van der Waals surface area contributed by atoms with Gasteiger partial charge >= 0.3 is 0 Å². The molecule has 0 aliphatic heterocycles. The molecule has 0 unspecified atom stereocenters. The Balaban J connectivity index is 1.92. The van der Waals surface area contributed by atoms with Crippen molar-refractivity contribution in [2.75, 3.05) is 0 Å². The Kier molecular flexibility index (Phi) is 3.24. The van der Waals surface area contributed by atoms with E-state index in [2.05, 4.69) is 103 Å². The molecule has 0 fully saturated rings. The fourth-order valence-corrected chi connectivity index (χ4v) is 4.32. The van der Waals surface area contributed by atoms with Crippen LogP contribution >= 0.6 is 0 Å². The van der Waals surface area contributed by atoms with Gasteiger partial charge in [0.25, 0.3) is 0 Å². The van der Waals surface area contributed by atoms with E-state index in [1.165, 1.54) is 37.7 Å². The summed E-state index contributed by atoms with van der Waals surface area (Å²) in [5.41, 5.74) is 3.27. The van der Waals surface area contributed by atoms with Gasteiger partial charge in [0.1, 0.15) is 0 Å². The van der Waals surface area contributed by atoms with Crippen molar-refractivity contribution < 1.29 is 0 Å². The second-order valence-corrected chi connectivity index (χ2v) is 7.22. The average molecular weight is 355 g/mol. The molecule has 0 saturated carbocycles. The minimum Gasteiger partial charge on any atom is -0.246 e. The number of hydrogen-bond acceptors (Lipinski definition) is 1. The molecule has 0 spiro atoms. The first-order valence-electron chi connectivity index (χ1n) is 9.58. The maximum atomic E-state index is 5.21. The summed E-state index contributed by atoms with van der Waals surface area (Å²) in [4.78, 5) is 5.21. The van der Waals surface area contributed by atoms with Crippen LogP contribution in [0.5, 0.6) is 0 Å². The van der Waals surface area contributed by atoms with Gasteiger partial charge in [0.2, 0.25) is 0 Å². The summed E-state index contributed by atoms with van der Waals surface area (Å²) >= 11 is 0. The maximum absolute atomic E-state index is 5.21. The van der Waals surface area contributed by atoms with Gasteiger partial charge in [-0.1, -0.05) is 103 Å². The SMILES string of the molecule is c1ccc(-c2nc3c4ccccc4ccc3c3c2ccc2ccccc23)cc1. The van der Waals surface area contributed by atoms with E-state index in [0.717, 1.165) is 16.8 Å². The molecule has 0 atom stereocenters. The molecule has 28 heavy (non-hydrogen) atoms. The van der Waals surface area contributed by atoms with Crippen molar-refractivity contribution in [2.24, 2.45) is 0 Å². The molecule has 5 aromatic carbocycles. The predicted octanol–water partition coefficient (Wildman–Crippen LogP) is 7.36. The van der Waals surface area contributed by atoms with Gasteiger partial charge in [0.15, 0.2) is 0 Å². The molecular formula is C27H17N. The first-order valence-corrected chi connectivity index (χ1v) is 9.58. The summed E-state index contributed by atoms with van der Waals surface area (Å²) in [7, 11) is 0. The van der Waals surface area contributed by atoms with Crippen LogP contribution in [0.15, 0.2) is 103 Å². The normalized spacial score (nSPS) is 11.6. The minimum atomic E-state index is 1.05. The van der Waals surface area contributed by atoms with E-state index in [-0.39, 0.29) is 0 Å². The smallest absolute Gasteiger partial charge is 0.0794 e. The van der Waals surface area contributed by atoms with Crippen molar-refractivity contribution in [1.82, 2.24) is 4.98 Å². The van der Waals surface area contributed by atoms with Crippen molar-refractivity contribution >= 4 is 43.2 Å². The number of rotatable bonds is 1. The van der Waals surface area contributed by atoms with E-state index < -0.39 is 0 Å². The number of fused-ring (bicyclic) bond motifs is 7. The highest BCUT2D eigenvalue weighted by molar-refractivity contribution is 6.25. The molecule has 0 radical (unpaired) electrons. The number of hydrogen-bond donors (Lipinski definition) is 0. The lowest BCUT2D eigenvalue weighted by atomic mass is 9.94. The van der Waals surface area contributed by atoms with Gasteiger partial charge < -0.3 is 0 Å². The third-order valence-corrected chi connectivity index (χ3v) is 5.62. The zero-order chi connectivity index (χ0) is 18.5. The lowest BCUT2D eigenvalue weighted by molar-refractivity contribution is 1.44. The second-order valence-electron chi connectivity index (χ2n) is 7.22. The van der Waals surface area contributed by atoms with Crippen LogP contribution in [0.1, 0.15) is 0 Å². The lowest BCUT2D eigenvalue weighted by Crippen LogP contribution is -1.91. The summed E-state index contributed by atoms with van der Waals surface area (Å²) in [6.45, 7) is 0. The zero-order valence-electron chi connectivity index (χ0n) is 15.3. The van der Waals surface area contributed by atoms with Gasteiger partial charge in [-0.15, -0.1) is 0 Å². The fraction of sp³-hybridized carbons (Fsp3) is 0. The molecule has 1 aromatic heterocycles. The summed E-state index contributed by atoms with van der Waals surface area (Å²) in [5, 5.41) is 8.66. The molecule has 0 aliphatic rings. The van der Waals surface area contributed by atoms with Crippen molar-refractivity contribution in [1.29, 1.82) is 0 Å². The van der Waals surface area contributed by atoms with E-state index in [4.69, 9.17) is 4.98 Å². The van der Waals surface area contributed by atoms with Gasteiger partial charge in [-0.2, -0.15) is 0 Å².